The minimum absolute atomic E-state index is 0.152. The summed E-state index contributed by atoms with van der Waals surface area (Å²) >= 11 is 3.24. The number of hydrogen-bond acceptors (Lipinski definition) is 3. The normalized spacial score (nSPS) is 10.1. The Kier molecular flexibility index (Phi) is 3.58. The standard InChI is InChI=1S/C14H9BrO3/c15-14-6-10(7-16)13(5-11(14)8-17)9-1-3-12(18)4-2-9/h1-8,18H. The first-order valence-corrected chi connectivity index (χ1v) is 5.98. The molecule has 0 saturated carbocycles. The summed E-state index contributed by atoms with van der Waals surface area (Å²) in [6.45, 7) is 0. The molecule has 0 atom stereocenters. The first-order valence-electron chi connectivity index (χ1n) is 5.19. The lowest BCUT2D eigenvalue weighted by molar-refractivity contribution is 0.111. The van der Waals surface area contributed by atoms with Crippen molar-refractivity contribution in [2.24, 2.45) is 0 Å². The topological polar surface area (TPSA) is 54.4 Å². The van der Waals surface area contributed by atoms with Crippen molar-refractivity contribution in [3.8, 4) is 16.9 Å². The fourth-order valence-electron chi connectivity index (χ4n) is 1.68. The third kappa shape index (κ3) is 2.33. The molecule has 0 aliphatic carbocycles. The molecule has 0 aliphatic rings. The quantitative estimate of drug-likeness (QED) is 0.884. The smallest absolute Gasteiger partial charge is 0.151 e. The second-order valence-electron chi connectivity index (χ2n) is 3.74. The lowest BCUT2D eigenvalue weighted by Gasteiger charge is -2.08. The van der Waals surface area contributed by atoms with Gasteiger partial charge in [-0.3, -0.25) is 9.59 Å². The van der Waals surface area contributed by atoms with Gasteiger partial charge in [0.25, 0.3) is 0 Å². The molecule has 2 aromatic carbocycles. The van der Waals surface area contributed by atoms with Gasteiger partial charge in [0.2, 0.25) is 0 Å². The molecule has 2 rings (SSSR count). The largest absolute Gasteiger partial charge is 0.508 e. The van der Waals surface area contributed by atoms with E-state index in [-0.39, 0.29) is 5.75 Å². The summed E-state index contributed by atoms with van der Waals surface area (Å²) in [5.41, 5.74) is 2.39. The first-order chi connectivity index (χ1) is 8.65. The van der Waals surface area contributed by atoms with E-state index in [0.29, 0.717) is 21.2 Å². The Morgan fingerprint density at radius 1 is 0.944 bits per heavy atom. The molecule has 4 heteroatoms. The van der Waals surface area contributed by atoms with Gasteiger partial charge in [-0.15, -0.1) is 0 Å². The molecular formula is C14H9BrO3. The Balaban J connectivity index is 2.65. The lowest BCUT2D eigenvalue weighted by atomic mass is 9.98. The second-order valence-corrected chi connectivity index (χ2v) is 4.60. The molecule has 18 heavy (non-hydrogen) atoms. The molecule has 0 spiro atoms. The van der Waals surface area contributed by atoms with Crippen LogP contribution in [-0.4, -0.2) is 17.7 Å². The van der Waals surface area contributed by atoms with Crippen molar-refractivity contribution in [2.45, 2.75) is 0 Å². The second kappa shape index (κ2) is 5.14. The van der Waals surface area contributed by atoms with Crippen molar-refractivity contribution in [1.82, 2.24) is 0 Å². The van der Waals surface area contributed by atoms with Gasteiger partial charge in [0.1, 0.15) is 5.75 Å². The highest BCUT2D eigenvalue weighted by atomic mass is 79.9. The van der Waals surface area contributed by atoms with Crippen LogP contribution in [0, 0.1) is 0 Å². The number of benzene rings is 2. The molecule has 0 fully saturated rings. The molecule has 0 bridgehead atoms. The van der Waals surface area contributed by atoms with E-state index in [4.69, 9.17) is 0 Å². The lowest BCUT2D eigenvalue weighted by Crippen LogP contribution is -1.92. The van der Waals surface area contributed by atoms with Crippen LogP contribution in [0.4, 0.5) is 0 Å². The number of hydrogen-bond donors (Lipinski definition) is 1. The third-order valence-corrected chi connectivity index (χ3v) is 3.29. The minimum Gasteiger partial charge on any atom is -0.508 e. The predicted octanol–water partition coefficient (Wildman–Crippen LogP) is 3.45. The summed E-state index contributed by atoms with van der Waals surface area (Å²) in [4.78, 5) is 22.0. The predicted molar refractivity (Wildman–Crippen MR) is 72.0 cm³/mol. The SMILES string of the molecule is O=Cc1cc(-c2ccc(O)cc2)c(C=O)cc1Br. The Morgan fingerprint density at radius 2 is 1.56 bits per heavy atom. The highest BCUT2D eigenvalue weighted by Crippen LogP contribution is 2.29. The first kappa shape index (κ1) is 12.5. The van der Waals surface area contributed by atoms with E-state index in [0.717, 1.165) is 18.1 Å². The summed E-state index contributed by atoms with van der Waals surface area (Å²) < 4.78 is 0.585. The Hall–Kier alpha value is -1.94. The van der Waals surface area contributed by atoms with Crippen LogP contribution in [0.2, 0.25) is 0 Å². The molecule has 2 aromatic rings. The van der Waals surface area contributed by atoms with Crippen LogP contribution in [0.1, 0.15) is 20.7 Å². The summed E-state index contributed by atoms with van der Waals surface area (Å²) in [5, 5.41) is 9.24. The zero-order chi connectivity index (χ0) is 13.1. The van der Waals surface area contributed by atoms with Crippen molar-refractivity contribution in [1.29, 1.82) is 0 Å². The summed E-state index contributed by atoms with van der Waals surface area (Å²) in [5.74, 6) is 0.152. The molecule has 0 saturated heterocycles. The minimum atomic E-state index is 0.152. The van der Waals surface area contributed by atoms with Crippen molar-refractivity contribution in [2.75, 3.05) is 0 Å². The molecule has 0 aromatic heterocycles. The van der Waals surface area contributed by atoms with Crippen LogP contribution in [0.25, 0.3) is 11.1 Å². The van der Waals surface area contributed by atoms with Crippen molar-refractivity contribution >= 4 is 28.5 Å². The molecular weight excluding hydrogens is 296 g/mol. The van der Waals surface area contributed by atoms with E-state index in [9.17, 15) is 14.7 Å². The number of phenolic OH excluding ortho intramolecular Hbond substituents is 1. The fraction of sp³-hybridized carbons (Fsp3) is 0. The molecule has 0 unspecified atom stereocenters. The van der Waals surface area contributed by atoms with Crippen molar-refractivity contribution in [3.05, 3.63) is 52.0 Å². The molecule has 3 nitrogen and oxygen atoms in total. The van der Waals surface area contributed by atoms with E-state index in [1.54, 1.807) is 24.3 Å². The number of carbonyl (C=O) groups excluding carboxylic acids is 2. The van der Waals surface area contributed by atoms with Crippen molar-refractivity contribution in [3.63, 3.8) is 0 Å². The summed E-state index contributed by atoms with van der Waals surface area (Å²) in [7, 11) is 0. The van der Waals surface area contributed by atoms with Crippen LogP contribution in [0.15, 0.2) is 40.9 Å². The molecule has 0 radical (unpaired) electrons. The number of phenols is 1. The van der Waals surface area contributed by atoms with Gasteiger partial charge in [0.15, 0.2) is 12.6 Å². The average Bonchev–Trinajstić information content (AvgIpc) is 2.39. The van der Waals surface area contributed by atoms with Gasteiger partial charge >= 0.3 is 0 Å². The van der Waals surface area contributed by atoms with Gasteiger partial charge in [0, 0.05) is 15.6 Å². The average molecular weight is 305 g/mol. The molecule has 90 valence electrons. The van der Waals surface area contributed by atoms with Crippen LogP contribution >= 0.6 is 15.9 Å². The van der Waals surface area contributed by atoms with E-state index in [2.05, 4.69) is 15.9 Å². The van der Waals surface area contributed by atoms with E-state index in [1.165, 1.54) is 12.1 Å². The fourth-order valence-corrected chi connectivity index (χ4v) is 2.14. The maximum atomic E-state index is 11.1. The summed E-state index contributed by atoms with van der Waals surface area (Å²) in [6.07, 6.45) is 1.46. The Labute approximate surface area is 112 Å². The zero-order valence-corrected chi connectivity index (χ0v) is 10.8. The van der Waals surface area contributed by atoms with Crippen LogP contribution in [0.5, 0.6) is 5.75 Å². The maximum Gasteiger partial charge on any atom is 0.151 e. The van der Waals surface area contributed by atoms with Crippen LogP contribution in [-0.2, 0) is 0 Å². The maximum absolute atomic E-state index is 11.1. The van der Waals surface area contributed by atoms with Gasteiger partial charge < -0.3 is 5.11 Å². The van der Waals surface area contributed by atoms with Crippen LogP contribution < -0.4 is 0 Å². The van der Waals surface area contributed by atoms with Gasteiger partial charge in [0.05, 0.1) is 0 Å². The molecule has 0 amide bonds. The zero-order valence-electron chi connectivity index (χ0n) is 9.26. The summed E-state index contributed by atoms with van der Waals surface area (Å²) in [6, 6.07) is 9.71. The Morgan fingerprint density at radius 3 is 2.11 bits per heavy atom. The number of rotatable bonds is 3. The number of aromatic hydroxyl groups is 1. The van der Waals surface area contributed by atoms with Gasteiger partial charge in [-0.1, -0.05) is 28.1 Å². The number of aldehydes is 2. The third-order valence-electron chi connectivity index (χ3n) is 2.60. The van der Waals surface area contributed by atoms with Gasteiger partial charge in [-0.05, 0) is 35.4 Å². The van der Waals surface area contributed by atoms with Crippen LogP contribution in [0.3, 0.4) is 0 Å². The Bertz CT molecular complexity index is 603. The monoisotopic (exact) mass is 304 g/mol. The van der Waals surface area contributed by atoms with Gasteiger partial charge in [-0.2, -0.15) is 0 Å². The van der Waals surface area contributed by atoms with Crippen molar-refractivity contribution < 1.29 is 14.7 Å². The van der Waals surface area contributed by atoms with E-state index < -0.39 is 0 Å². The molecule has 0 heterocycles. The highest BCUT2D eigenvalue weighted by Gasteiger charge is 2.09. The number of halogens is 1. The highest BCUT2D eigenvalue weighted by molar-refractivity contribution is 9.10. The van der Waals surface area contributed by atoms with E-state index in [1.807, 2.05) is 0 Å². The molecule has 1 N–H and O–H groups in total. The van der Waals surface area contributed by atoms with Gasteiger partial charge in [-0.25, -0.2) is 0 Å². The molecule has 0 aliphatic heterocycles. The number of carbonyl (C=O) groups is 2. The van der Waals surface area contributed by atoms with E-state index >= 15 is 0 Å².